The highest BCUT2D eigenvalue weighted by Crippen LogP contribution is 2.30. The van der Waals surface area contributed by atoms with Crippen molar-refractivity contribution >= 4 is 33.2 Å². The van der Waals surface area contributed by atoms with Crippen molar-refractivity contribution < 1.29 is 17.7 Å². The van der Waals surface area contributed by atoms with Crippen LogP contribution in [0.1, 0.15) is 12.5 Å². The average molecular weight is 484 g/mol. The maximum Gasteiger partial charge on any atom is 0.335 e. The van der Waals surface area contributed by atoms with E-state index in [2.05, 4.69) is 9.97 Å². The molecule has 12 nitrogen and oxygen atoms in total. The molecule has 5 rings (SSSR count). The van der Waals surface area contributed by atoms with Gasteiger partial charge in [-0.1, -0.05) is 18.2 Å². The molecule has 0 bridgehead atoms. The van der Waals surface area contributed by atoms with E-state index >= 15 is 0 Å². The molecule has 0 saturated carbocycles. The van der Waals surface area contributed by atoms with Gasteiger partial charge in [-0.25, -0.2) is 4.79 Å². The number of imidazole rings is 1. The van der Waals surface area contributed by atoms with E-state index in [0.29, 0.717) is 23.6 Å². The summed E-state index contributed by atoms with van der Waals surface area (Å²) in [7, 11) is -4.39. The molecule has 1 aliphatic rings. The second kappa shape index (κ2) is 8.13. The zero-order valence-corrected chi connectivity index (χ0v) is 18.6. The topological polar surface area (TPSA) is 172 Å². The van der Waals surface area contributed by atoms with Crippen molar-refractivity contribution in [3.63, 3.8) is 0 Å². The smallest absolute Gasteiger partial charge is 0.335 e. The van der Waals surface area contributed by atoms with E-state index < -0.39 is 22.0 Å². The number of benzene rings is 2. The summed E-state index contributed by atoms with van der Waals surface area (Å²) < 4.78 is 41.9. The standard InChI is InChI=1S/C21H21N7O5S/c22-18-17-19(25-20(23)24-18)28(14-10-11-26(12-14)34(30,31)32)21(29)27(17)13-6-8-16(9-7-13)33-15-4-2-1-3-5-15/h1-9,14H,10-12H2,(H,30,31,32)(H4,22,23,24,25). The van der Waals surface area contributed by atoms with Crippen LogP contribution in [-0.2, 0) is 10.3 Å². The molecule has 2 aromatic carbocycles. The van der Waals surface area contributed by atoms with Gasteiger partial charge in [-0.05, 0) is 42.8 Å². The highest BCUT2D eigenvalue weighted by molar-refractivity contribution is 7.83. The Morgan fingerprint density at radius 3 is 2.32 bits per heavy atom. The Hall–Kier alpha value is -3.94. The molecule has 34 heavy (non-hydrogen) atoms. The molecule has 1 fully saturated rings. The predicted molar refractivity (Wildman–Crippen MR) is 125 cm³/mol. The van der Waals surface area contributed by atoms with Crippen LogP contribution in [0.3, 0.4) is 0 Å². The number of para-hydroxylation sites is 1. The summed E-state index contributed by atoms with van der Waals surface area (Å²) in [6.45, 7) is -0.0320. The summed E-state index contributed by atoms with van der Waals surface area (Å²) in [6.07, 6.45) is 0.298. The normalized spacial score (nSPS) is 16.8. The van der Waals surface area contributed by atoms with Crippen LogP contribution in [0.2, 0.25) is 0 Å². The van der Waals surface area contributed by atoms with Crippen molar-refractivity contribution in [1.29, 1.82) is 0 Å². The number of hydrogen-bond acceptors (Lipinski definition) is 8. The van der Waals surface area contributed by atoms with Crippen molar-refractivity contribution in [3.05, 3.63) is 65.1 Å². The van der Waals surface area contributed by atoms with Crippen LogP contribution >= 0.6 is 0 Å². The molecule has 0 radical (unpaired) electrons. The van der Waals surface area contributed by atoms with E-state index in [0.717, 1.165) is 4.31 Å². The first-order chi connectivity index (χ1) is 16.2. The molecule has 0 amide bonds. The molecule has 0 spiro atoms. The summed E-state index contributed by atoms with van der Waals surface area (Å²) in [5.74, 6) is 1.13. The zero-order valence-electron chi connectivity index (χ0n) is 17.8. The fraction of sp³-hybridized carbons (Fsp3) is 0.190. The molecule has 3 heterocycles. The SMILES string of the molecule is Nc1nc(N)c2c(n1)n(C1CCN(S(=O)(=O)O)C1)c(=O)n2-c1ccc(Oc2ccccc2)cc1. The average Bonchev–Trinajstić information content (AvgIpc) is 3.38. The Morgan fingerprint density at radius 2 is 1.68 bits per heavy atom. The van der Waals surface area contributed by atoms with Gasteiger partial charge in [0.1, 0.15) is 17.0 Å². The van der Waals surface area contributed by atoms with Crippen LogP contribution in [-0.4, -0.2) is 49.5 Å². The van der Waals surface area contributed by atoms with Crippen LogP contribution < -0.4 is 21.9 Å². The fourth-order valence-electron chi connectivity index (χ4n) is 4.14. The van der Waals surface area contributed by atoms with Gasteiger partial charge < -0.3 is 16.2 Å². The first kappa shape index (κ1) is 21.9. The molecule has 1 aliphatic heterocycles. The van der Waals surface area contributed by atoms with E-state index in [1.807, 2.05) is 30.3 Å². The molecule has 1 atom stereocenters. The van der Waals surface area contributed by atoms with Gasteiger partial charge in [0.25, 0.3) is 0 Å². The highest BCUT2D eigenvalue weighted by Gasteiger charge is 2.34. The molecular weight excluding hydrogens is 462 g/mol. The van der Waals surface area contributed by atoms with E-state index in [9.17, 15) is 17.8 Å². The minimum atomic E-state index is -4.39. The lowest BCUT2D eigenvalue weighted by atomic mass is 10.2. The second-order valence-electron chi connectivity index (χ2n) is 7.81. The first-order valence-corrected chi connectivity index (χ1v) is 11.7. The maximum absolute atomic E-state index is 13.6. The third kappa shape index (κ3) is 3.85. The molecule has 176 valence electrons. The van der Waals surface area contributed by atoms with Gasteiger partial charge in [0.2, 0.25) is 5.95 Å². The van der Waals surface area contributed by atoms with Crippen molar-refractivity contribution in [3.8, 4) is 17.2 Å². The minimum Gasteiger partial charge on any atom is -0.457 e. The van der Waals surface area contributed by atoms with E-state index in [4.69, 9.17) is 16.2 Å². The zero-order chi connectivity index (χ0) is 24.0. The van der Waals surface area contributed by atoms with Gasteiger partial charge in [-0.3, -0.25) is 13.7 Å². The van der Waals surface area contributed by atoms with Gasteiger partial charge in [-0.2, -0.15) is 22.7 Å². The molecule has 4 aromatic rings. The number of hydrogen-bond donors (Lipinski definition) is 3. The van der Waals surface area contributed by atoms with Gasteiger partial charge in [0, 0.05) is 13.1 Å². The molecule has 2 aromatic heterocycles. The van der Waals surface area contributed by atoms with Gasteiger partial charge >= 0.3 is 16.0 Å². The number of nitrogens with zero attached hydrogens (tertiary/aromatic N) is 5. The Bertz CT molecular complexity index is 1530. The number of aromatic nitrogens is 4. The summed E-state index contributed by atoms with van der Waals surface area (Å²) in [4.78, 5) is 21.8. The molecular formula is C21H21N7O5S. The third-order valence-corrected chi connectivity index (χ3v) is 6.63. The number of rotatable bonds is 5. The third-order valence-electron chi connectivity index (χ3n) is 5.65. The largest absolute Gasteiger partial charge is 0.457 e. The quantitative estimate of drug-likeness (QED) is 0.356. The van der Waals surface area contributed by atoms with E-state index in [-0.39, 0.29) is 36.0 Å². The summed E-state index contributed by atoms with van der Waals surface area (Å²) in [6, 6.07) is 15.5. The van der Waals surface area contributed by atoms with Crippen molar-refractivity contribution in [2.24, 2.45) is 0 Å². The second-order valence-corrected chi connectivity index (χ2v) is 9.23. The van der Waals surface area contributed by atoms with Gasteiger partial charge in [0.15, 0.2) is 11.5 Å². The maximum atomic E-state index is 13.6. The van der Waals surface area contributed by atoms with Crippen LogP contribution in [0.15, 0.2) is 59.4 Å². The fourth-order valence-corrected chi connectivity index (χ4v) is 4.84. The monoisotopic (exact) mass is 483 g/mol. The van der Waals surface area contributed by atoms with Crippen molar-refractivity contribution in [2.75, 3.05) is 24.6 Å². The lowest BCUT2D eigenvalue weighted by molar-refractivity contribution is 0.380. The summed E-state index contributed by atoms with van der Waals surface area (Å²) in [5, 5.41) is 0. The highest BCUT2D eigenvalue weighted by atomic mass is 32.2. The number of anilines is 2. The van der Waals surface area contributed by atoms with Crippen LogP contribution in [0, 0.1) is 0 Å². The number of nitrogens with two attached hydrogens (primary N) is 2. The molecule has 13 heteroatoms. The Balaban J connectivity index is 1.60. The number of nitrogen functional groups attached to an aromatic ring is 2. The summed E-state index contributed by atoms with van der Waals surface area (Å²) >= 11 is 0. The number of ether oxygens (including phenoxy) is 1. The van der Waals surface area contributed by atoms with Crippen molar-refractivity contribution in [2.45, 2.75) is 12.5 Å². The van der Waals surface area contributed by atoms with Crippen LogP contribution in [0.5, 0.6) is 11.5 Å². The molecule has 0 aliphatic carbocycles. The van der Waals surface area contributed by atoms with Crippen LogP contribution in [0.25, 0.3) is 16.9 Å². The van der Waals surface area contributed by atoms with Gasteiger partial charge in [-0.15, -0.1) is 0 Å². The summed E-state index contributed by atoms with van der Waals surface area (Å²) in [5.41, 5.74) is 12.4. The lowest BCUT2D eigenvalue weighted by Gasteiger charge is -2.13. The molecule has 1 saturated heterocycles. The minimum absolute atomic E-state index is 0.00703. The Kier molecular flexibility index (Phi) is 5.23. The predicted octanol–water partition coefficient (Wildman–Crippen LogP) is 1.59. The lowest BCUT2D eigenvalue weighted by Crippen LogP contribution is -2.31. The van der Waals surface area contributed by atoms with Crippen LogP contribution in [0.4, 0.5) is 11.8 Å². The van der Waals surface area contributed by atoms with E-state index in [1.54, 1.807) is 24.3 Å². The van der Waals surface area contributed by atoms with Crippen molar-refractivity contribution in [1.82, 2.24) is 23.4 Å². The Morgan fingerprint density at radius 1 is 1.00 bits per heavy atom. The molecule has 1 unspecified atom stereocenters. The molecule has 5 N–H and O–H groups in total. The Labute approximate surface area is 193 Å². The van der Waals surface area contributed by atoms with E-state index in [1.165, 1.54) is 9.13 Å². The number of fused-ring (bicyclic) bond motifs is 1. The van der Waals surface area contributed by atoms with Gasteiger partial charge in [0.05, 0.1) is 11.7 Å². The first-order valence-electron chi connectivity index (χ1n) is 10.3.